The Bertz CT molecular complexity index is 1150. The second-order valence-electron chi connectivity index (χ2n) is 7.67. The Labute approximate surface area is 193 Å². The van der Waals surface area contributed by atoms with Crippen LogP contribution in [-0.2, 0) is 11.3 Å². The molecule has 0 spiro atoms. The van der Waals surface area contributed by atoms with Crippen molar-refractivity contribution in [3.8, 4) is 0 Å². The van der Waals surface area contributed by atoms with Gasteiger partial charge < -0.3 is 19.9 Å². The minimum atomic E-state index is -0.367. The summed E-state index contributed by atoms with van der Waals surface area (Å²) in [6.45, 7) is 6.68. The van der Waals surface area contributed by atoms with Crippen LogP contribution in [0.3, 0.4) is 0 Å². The molecule has 7 heteroatoms. The van der Waals surface area contributed by atoms with Gasteiger partial charge in [-0.25, -0.2) is 9.78 Å². The first kappa shape index (κ1) is 21.7. The topological polar surface area (TPSA) is 57.7 Å². The number of aromatic nitrogens is 1. The summed E-state index contributed by atoms with van der Waals surface area (Å²) in [6.07, 6.45) is 1.80. The lowest BCUT2D eigenvalue weighted by Crippen LogP contribution is -2.39. The van der Waals surface area contributed by atoms with Gasteiger partial charge in [-0.2, -0.15) is 0 Å². The number of ether oxygens (including phenoxy) is 1. The Morgan fingerprint density at radius 2 is 1.91 bits per heavy atom. The maximum atomic E-state index is 11.7. The first-order valence-corrected chi connectivity index (χ1v) is 10.7. The summed E-state index contributed by atoms with van der Waals surface area (Å²) in [7, 11) is 3.45. The standard InChI is InChI=1S/C25H25ClN4O2/c1-17(19-7-9-20(10-8-19)25(31)32-3)28-24-23-22(11-12-27-24)29(2)13-14-30(23)16-18-5-4-6-21(26)15-18/h4-12,15H,1,13-14,16H2,2-3H3,(H,27,28). The van der Waals surface area contributed by atoms with Crippen molar-refractivity contribution in [2.75, 3.05) is 42.4 Å². The fourth-order valence-corrected chi connectivity index (χ4v) is 4.03. The molecule has 0 unspecified atom stereocenters. The predicted octanol–water partition coefficient (Wildman–Crippen LogP) is 5.06. The number of benzene rings is 2. The molecule has 3 aromatic rings. The third-order valence-electron chi connectivity index (χ3n) is 5.52. The number of pyridine rings is 1. The number of hydrogen-bond donors (Lipinski definition) is 1. The molecular weight excluding hydrogens is 424 g/mol. The highest BCUT2D eigenvalue weighted by atomic mass is 35.5. The van der Waals surface area contributed by atoms with Crippen LogP contribution in [0.5, 0.6) is 0 Å². The summed E-state index contributed by atoms with van der Waals surface area (Å²) in [5.74, 6) is 0.367. The molecule has 0 radical (unpaired) electrons. The zero-order valence-electron chi connectivity index (χ0n) is 18.1. The molecule has 0 amide bonds. The van der Waals surface area contributed by atoms with Gasteiger partial charge in [-0.1, -0.05) is 42.4 Å². The Morgan fingerprint density at radius 1 is 1.16 bits per heavy atom. The average Bonchev–Trinajstić information content (AvgIpc) is 2.80. The molecular formula is C25H25ClN4O2. The van der Waals surface area contributed by atoms with E-state index in [1.807, 2.05) is 36.4 Å². The van der Waals surface area contributed by atoms with E-state index < -0.39 is 0 Å². The molecule has 0 aliphatic carbocycles. The number of fused-ring (bicyclic) bond motifs is 1. The van der Waals surface area contributed by atoms with E-state index in [2.05, 4.69) is 39.8 Å². The van der Waals surface area contributed by atoms with E-state index in [0.29, 0.717) is 11.3 Å². The molecule has 0 saturated heterocycles. The average molecular weight is 449 g/mol. The minimum Gasteiger partial charge on any atom is -0.465 e. The van der Waals surface area contributed by atoms with Crippen molar-refractivity contribution >= 4 is 40.5 Å². The van der Waals surface area contributed by atoms with Gasteiger partial charge in [0.1, 0.15) is 5.69 Å². The number of methoxy groups -OCH3 is 1. The van der Waals surface area contributed by atoms with Gasteiger partial charge in [-0.3, -0.25) is 0 Å². The number of carbonyl (C=O) groups is 1. The number of nitrogens with one attached hydrogen (secondary N) is 1. The number of anilines is 3. The first-order chi connectivity index (χ1) is 15.5. The van der Waals surface area contributed by atoms with Gasteiger partial charge in [0, 0.05) is 43.6 Å². The lowest BCUT2D eigenvalue weighted by molar-refractivity contribution is 0.0600. The highest BCUT2D eigenvalue weighted by Gasteiger charge is 2.25. The molecule has 1 N–H and O–H groups in total. The number of likely N-dealkylation sites (N-methyl/N-ethyl adjacent to an activating group) is 1. The van der Waals surface area contributed by atoms with Crippen LogP contribution in [0.25, 0.3) is 5.70 Å². The van der Waals surface area contributed by atoms with Crippen molar-refractivity contribution in [1.29, 1.82) is 0 Å². The molecule has 0 atom stereocenters. The van der Waals surface area contributed by atoms with Gasteiger partial charge in [0.2, 0.25) is 0 Å². The SMILES string of the molecule is C=C(Nc1nccc2c1N(Cc1cccc(Cl)c1)CCN2C)c1ccc(C(=O)OC)cc1. The maximum absolute atomic E-state index is 11.7. The molecule has 0 fully saturated rings. The van der Waals surface area contributed by atoms with Crippen LogP contribution in [0, 0.1) is 0 Å². The Kier molecular flexibility index (Phi) is 6.32. The minimum absolute atomic E-state index is 0.367. The van der Waals surface area contributed by atoms with E-state index >= 15 is 0 Å². The van der Waals surface area contributed by atoms with Gasteiger partial charge >= 0.3 is 5.97 Å². The molecule has 1 aliphatic heterocycles. The smallest absolute Gasteiger partial charge is 0.337 e. The molecule has 0 bridgehead atoms. The Hall–Kier alpha value is -3.51. The third-order valence-corrected chi connectivity index (χ3v) is 5.76. The number of carbonyl (C=O) groups excluding carboxylic acids is 1. The fourth-order valence-electron chi connectivity index (χ4n) is 3.81. The number of nitrogens with zero attached hydrogens (tertiary/aromatic N) is 3. The maximum Gasteiger partial charge on any atom is 0.337 e. The van der Waals surface area contributed by atoms with Crippen molar-refractivity contribution in [3.05, 3.63) is 89.1 Å². The molecule has 2 heterocycles. The first-order valence-electron chi connectivity index (χ1n) is 10.3. The molecule has 4 rings (SSSR count). The zero-order chi connectivity index (χ0) is 22.7. The van der Waals surface area contributed by atoms with E-state index in [-0.39, 0.29) is 5.97 Å². The largest absolute Gasteiger partial charge is 0.465 e. The van der Waals surface area contributed by atoms with E-state index in [4.69, 9.17) is 16.3 Å². The van der Waals surface area contributed by atoms with Crippen LogP contribution in [0.1, 0.15) is 21.5 Å². The Balaban J connectivity index is 1.62. The molecule has 164 valence electrons. The van der Waals surface area contributed by atoms with Gasteiger partial charge in [0.05, 0.1) is 18.4 Å². The number of hydrogen-bond acceptors (Lipinski definition) is 6. The highest BCUT2D eigenvalue weighted by molar-refractivity contribution is 6.30. The second-order valence-corrected chi connectivity index (χ2v) is 8.11. The molecule has 6 nitrogen and oxygen atoms in total. The summed E-state index contributed by atoms with van der Waals surface area (Å²) in [4.78, 5) is 20.9. The summed E-state index contributed by atoms with van der Waals surface area (Å²) in [5, 5.41) is 4.11. The van der Waals surface area contributed by atoms with Gasteiger partial charge in [0.15, 0.2) is 5.82 Å². The lowest BCUT2D eigenvalue weighted by Gasteiger charge is -2.38. The number of esters is 1. The van der Waals surface area contributed by atoms with Crippen LogP contribution in [-0.4, -0.2) is 38.2 Å². The van der Waals surface area contributed by atoms with Crippen LogP contribution in [0.15, 0.2) is 67.4 Å². The summed E-state index contributed by atoms with van der Waals surface area (Å²) < 4.78 is 4.77. The highest BCUT2D eigenvalue weighted by Crippen LogP contribution is 2.39. The number of halogens is 1. The second kappa shape index (κ2) is 9.32. The lowest BCUT2D eigenvalue weighted by atomic mass is 10.1. The summed E-state index contributed by atoms with van der Waals surface area (Å²) in [5.41, 5.74) is 5.31. The van der Waals surface area contributed by atoms with Crippen LogP contribution in [0.2, 0.25) is 5.02 Å². The Morgan fingerprint density at radius 3 is 2.62 bits per heavy atom. The monoisotopic (exact) mass is 448 g/mol. The zero-order valence-corrected chi connectivity index (χ0v) is 18.9. The van der Waals surface area contributed by atoms with E-state index in [0.717, 1.165) is 53.0 Å². The quantitative estimate of drug-likeness (QED) is 0.532. The van der Waals surface area contributed by atoms with Gasteiger partial charge in [-0.05, 0) is 41.5 Å². The van der Waals surface area contributed by atoms with Crippen molar-refractivity contribution in [1.82, 2.24) is 4.98 Å². The molecule has 1 aliphatic rings. The van der Waals surface area contributed by atoms with Crippen LogP contribution < -0.4 is 15.1 Å². The summed E-state index contributed by atoms with van der Waals surface area (Å²) in [6, 6.07) is 17.1. The van der Waals surface area contributed by atoms with Crippen molar-refractivity contribution in [2.45, 2.75) is 6.54 Å². The van der Waals surface area contributed by atoms with Crippen molar-refractivity contribution in [2.24, 2.45) is 0 Å². The van der Waals surface area contributed by atoms with E-state index in [9.17, 15) is 4.79 Å². The predicted molar refractivity (Wildman–Crippen MR) is 130 cm³/mol. The normalized spacial score (nSPS) is 12.8. The van der Waals surface area contributed by atoms with Crippen LogP contribution in [0.4, 0.5) is 17.2 Å². The molecule has 0 saturated carbocycles. The van der Waals surface area contributed by atoms with Gasteiger partial charge in [-0.15, -0.1) is 0 Å². The van der Waals surface area contributed by atoms with Crippen molar-refractivity contribution < 1.29 is 9.53 Å². The van der Waals surface area contributed by atoms with E-state index in [1.54, 1.807) is 18.3 Å². The third kappa shape index (κ3) is 4.55. The van der Waals surface area contributed by atoms with E-state index in [1.165, 1.54) is 7.11 Å². The van der Waals surface area contributed by atoms with Crippen molar-refractivity contribution in [3.63, 3.8) is 0 Å². The number of rotatable bonds is 6. The summed E-state index contributed by atoms with van der Waals surface area (Å²) >= 11 is 6.20. The molecule has 32 heavy (non-hydrogen) atoms. The molecule has 1 aromatic heterocycles. The molecule has 2 aromatic carbocycles. The van der Waals surface area contributed by atoms with Gasteiger partial charge in [0.25, 0.3) is 0 Å². The van der Waals surface area contributed by atoms with Crippen LogP contribution >= 0.6 is 11.6 Å². The fraction of sp³-hybridized carbons (Fsp3) is 0.200.